The minimum atomic E-state index is -0.823. The van der Waals surface area contributed by atoms with Gasteiger partial charge in [0.05, 0.1) is 7.11 Å². The Morgan fingerprint density at radius 3 is 3.12 bits per heavy atom. The van der Waals surface area contributed by atoms with Crippen molar-refractivity contribution in [2.24, 2.45) is 0 Å². The Morgan fingerprint density at radius 1 is 1.59 bits per heavy atom. The minimum absolute atomic E-state index is 0.427. The number of methoxy groups -OCH3 is 1. The molecule has 1 atom stereocenters. The summed E-state index contributed by atoms with van der Waals surface area (Å²) in [4.78, 5) is 21.2. The first-order chi connectivity index (χ1) is 8.22. The van der Waals surface area contributed by atoms with Crippen LogP contribution in [-0.2, 0) is 4.79 Å². The average molecular weight is 237 g/mol. The second-order valence-electron chi connectivity index (χ2n) is 3.94. The van der Waals surface area contributed by atoms with Crippen LogP contribution in [0.15, 0.2) is 12.3 Å². The van der Waals surface area contributed by atoms with E-state index < -0.39 is 12.0 Å². The van der Waals surface area contributed by atoms with E-state index in [0.717, 1.165) is 12.8 Å². The summed E-state index contributed by atoms with van der Waals surface area (Å²) in [6.45, 7) is 0.671. The number of aliphatic carboxylic acids is 1. The monoisotopic (exact) mass is 237 g/mol. The molecule has 17 heavy (non-hydrogen) atoms. The smallest absolute Gasteiger partial charge is 0.326 e. The van der Waals surface area contributed by atoms with Gasteiger partial charge >= 0.3 is 5.97 Å². The van der Waals surface area contributed by atoms with Gasteiger partial charge in [-0.2, -0.15) is 4.98 Å². The number of ether oxygens (including phenoxy) is 1. The summed E-state index contributed by atoms with van der Waals surface area (Å²) >= 11 is 0. The van der Waals surface area contributed by atoms with Gasteiger partial charge in [-0.25, -0.2) is 9.78 Å². The SMILES string of the molecule is COc1ccnc(N2CCCCC2C(=O)O)n1. The van der Waals surface area contributed by atoms with Crippen molar-refractivity contribution >= 4 is 11.9 Å². The van der Waals surface area contributed by atoms with Crippen molar-refractivity contribution in [3.8, 4) is 5.88 Å². The number of aromatic nitrogens is 2. The summed E-state index contributed by atoms with van der Waals surface area (Å²) in [5.74, 6) is 0.0530. The Morgan fingerprint density at radius 2 is 2.41 bits per heavy atom. The first-order valence-electron chi connectivity index (χ1n) is 5.59. The maximum absolute atomic E-state index is 11.2. The third-order valence-electron chi connectivity index (χ3n) is 2.87. The zero-order valence-electron chi connectivity index (χ0n) is 9.67. The fraction of sp³-hybridized carbons (Fsp3) is 0.545. The molecule has 6 heteroatoms. The molecule has 6 nitrogen and oxygen atoms in total. The van der Waals surface area contributed by atoms with E-state index in [-0.39, 0.29) is 0 Å². The number of piperidine rings is 1. The number of carboxylic acid groups (broad SMARTS) is 1. The highest BCUT2D eigenvalue weighted by Crippen LogP contribution is 2.22. The molecule has 1 unspecified atom stereocenters. The van der Waals surface area contributed by atoms with Crippen molar-refractivity contribution in [2.75, 3.05) is 18.6 Å². The van der Waals surface area contributed by atoms with Crippen molar-refractivity contribution in [2.45, 2.75) is 25.3 Å². The molecule has 0 aromatic carbocycles. The molecular weight excluding hydrogens is 222 g/mol. The van der Waals surface area contributed by atoms with E-state index in [1.165, 1.54) is 7.11 Å². The number of nitrogens with zero attached hydrogens (tertiary/aromatic N) is 3. The fourth-order valence-electron chi connectivity index (χ4n) is 2.01. The normalized spacial score (nSPS) is 20.1. The van der Waals surface area contributed by atoms with E-state index in [4.69, 9.17) is 9.84 Å². The van der Waals surface area contributed by atoms with Gasteiger partial charge in [0.1, 0.15) is 6.04 Å². The van der Waals surface area contributed by atoms with Crippen molar-refractivity contribution in [1.29, 1.82) is 0 Å². The molecule has 92 valence electrons. The van der Waals surface area contributed by atoms with Gasteiger partial charge in [0.15, 0.2) is 0 Å². The topological polar surface area (TPSA) is 75.5 Å². The van der Waals surface area contributed by atoms with Crippen LogP contribution in [0.25, 0.3) is 0 Å². The van der Waals surface area contributed by atoms with Gasteiger partial charge in [-0.1, -0.05) is 0 Å². The summed E-state index contributed by atoms with van der Waals surface area (Å²) in [6.07, 6.45) is 4.10. The Bertz CT molecular complexity index is 411. The number of hydrogen-bond donors (Lipinski definition) is 1. The van der Waals surface area contributed by atoms with Crippen molar-refractivity contribution in [3.05, 3.63) is 12.3 Å². The molecule has 1 saturated heterocycles. The third-order valence-corrected chi connectivity index (χ3v) is 2.87. The quantitative estimate of drug-likeness (QED) is 0.842. The Labute approximate surface area is 99.2 Å². The molecule has 1 aliphatic heterocycles. The Balaban J connectivity index is 2.26. The van der Waals surface area contributed by atoms with E-state index in [0.29, 0.717) is 24.8 Å². The summed E-state index contributed by atoms with van der Waals surface area (Å²) in [5, 5.41) is 9.17. The van der Waals surface area contributed by atoms with Crippen LogP contribution in [0.2, 0.25) is 0 Å². The first-order valence-corrected chi connectivity index (χ1v) is 5.59. The lowest BCUT2D eigenvalue weighted by atomic mass is 10.0. The maximum Gasteiger partial charge on any atom is 0.326 e. The van der Waals surface area contributed by atoms with Gasteiger partial charge in [0, 0.05) is 18.8 Å². The minimum Gasteiger partial charge on any atom is -0.481 e. The van der Waals surface area contributed by atoms with Crippen LogP contribution in [0.4, 0.5) is 5.95 Å². The zero-order chi connectivity index (χ0) is 12.3. The molecule has 0 amide bonds. The van der Waals surface area contributed by atoms with Crippen LogP contribution < -0.4 is 9.64 Å². The Hall–Kier alpha value is -1.85. The van der Waals surface area contributed by atoms with Crippen molar-refractivity contribution < 1.29 is 14.6 Å². The van der Waals surface area contributed by atoms with Gasteiger partial charge in [0.2, 0.25) is 11.8 Å². The summed E-state index contributed by atoms with van der Waals surface area (Å²) in [6, 6.07) is 1.11. The fourth-order valence-corrected chi connectivity index (χ4v) is 2.01. The summed E-state index contributed by atoms with van der Waals surface area (Å²) < 4.78 is 5.02. The summed E-state index contributed by atoms with van der Waals surface area (Å²) in [5.41, 5.74) is 0. The molecule has 0 spiro atoms. The van der Waals surface area contributed by atoms with E-state index in [2.05, 4.69) is 9.97 Å². The largest absolute Gasteiger partial charge is 0.481 e. The molecule has 2 heterocycles. The lowest BCUT2D eigenvalue weighted by Crippen LogP contribution is -2.45. The highest BCUT2D eigenvalue weighted by Gasteiger charge is 2.30. The molecule has 1 aromatic heterocycles. The van der Waals surface area contributed by atoms with Crippen molar-refractivity contribution in [1.82, 2.24) is 9.97 Å². The predicted octanol–water partition coefficient (Wildman–Crippen LogP) is 0.929. The van der Waals surface area contributed by atoms with Crippen LogP contribution in [0.3, 0.4) is 0 Å². The number of hydrogen-bond acceptors (Lipinski definition) is 5. The third kappa shape index (κ3) is 2.46. The molecule has 0 bridgehead atoms. The molecular formula is C11H15N3O3. The highest BCUT2D eigenvalue weighted by atomic mass is 16.5. The van der Waals surface area contributed by atoms with Crippen molar-refractivity contribution in [3.63, 3.8) is 0 Å². The average Bonchev–Trinajstić information content (AvgIpc) is 2.39. The molecule has 1 aliphatic rings. The lowest BCUT2D eigenvalue weighted by Gasteiger charge is -2.32. The van der Waals surface area contributed by atoms with Crippen LogP contribution in [0.5, 0.6) is 5.88 Å². The van der Waals surface area contributed by atoms with Crippen LogP contribution >= 0.6 is 0 Å². The van der Waals surface area contributed by atoms with Gasteiger partial charge in [-0.15, -0.1) is 0 Å². The van der Waals surface area contributed by atoms with E-state index in [9.17, 15) is 4.79 Å². The molecule has 1 fully saturated rings. The molecule has 0 saturated carbocycles. The maximum atomic E-state index is 11.2. The molecule has 0 aliphatic carbocycles. The van der Waals surface area contributed by atoms with Gasteiger partial charge in [-0.05, 0) is 19.3 Å². The molecule has 1 N–H and O–H groups in total. The van der Waals surface area contributed by atoms with Crippen LogP contribution in [-0.4, -0.2) is 40.7 Å². The number of carbonyl (C=O) groups is 1. The first kappa shape index (κ1) is 11.6. The molecule has 2 rings (SSSR count). The highest BCUT2D eigenvalue weighted by molar-refractivity contribution is 5.77. The zero-order valence-corrected chi connectivity index (χ0v) is 9.67. The second kappa shape index (κ2) is 4.99. The second-order valence-corrected chi connectivity index (χ2v) is 3.94. The van der Waals surface area contributed by atoms with E-state index >= 15 is 0 Å². The van der Waals surface area contributed by atoms with Crippen LogP contribution in [0, 0.1) is 0 Å². The molecule has 0 radical (unpaired) electrons. The molecule has 1 aromatic rings. The lowest BCUT2D eigenvalue weighted by molar-refractivity contribution is -0.139. The van der Waals surface area contributed by atoms with Gasteiger partial charge < -0.3 is 14.7 Å². The standard InChI is InChI=1S/C11H15N3O3/c1-17-9-5-6-12-11(13-9)14-7-3-2-4-8(14)10(15)16/h5-6,8H,2-4,7H2,1H3,(H,15,16). The summed E-state index contributed by atoms with van der Waals surface area (Å²) in [7, 11) is 1.52. The Kier molecular flexibility index (Phi) is 3.41. The number of rotatable bonds is 3. The van der Waals surface area contributed by atoms with Crippen LogP contribution in [0.1, 0.15) is 19.3 Å². The van der Waals surface area contributed by atoms with E-state index in [1.807, 2.05) is 0 Å². The predicted molar refractivity (Wildman–Crippen MR) is 61.2 cm³/mol. The van der Waals surface area contributed by atoms with E-state index in [1.54, 1.807) is 17.2 Å². The number of anilines is 1. The number of carboxylic acids is 1. The van der Waals surface area contributed by atoms with Gasteiger partial charge in [0.25, 0.3) is 0 Å². The van der Waals surface area contributed by atoms with Gasteiger partial charge in [-0.3, -0.25) is 0 Å².